The van der Waals surface area contributed by atoms with Gasteiger partial charge in [-0.3, -0.25) is 4.79 Å². The fourth-order valence-corrected chi connectivity index (χ4v) is 5.08. The van der Waals surface area contributed by atoms with E-state index in [1.54, 1.807) is 34.5 Å². The van der Waals surface area contributed by atoms with Crippen LogP contribution in [-0.4, -0.2) is 63.4 Å². The van der Waals surface area contributed by atoms with Gasteiger partial charge in [-0.05, 0) is 37.5 Å². The number of carbonyl (C=O) groups excluding carboxylic acids is 1. The average molecular weight is 381 g/mol. The normalized spacial score (nSPS) is 22.3. The van der Waals surface area contributed by atoms with Crippen molar-refractivity contribution < 1.29 is 17.9 Å². The number of rotatable bonds is 5. The maximum absolute atomic E-state index is 13.0. The van der Waals surface area contributed by atoms with Crippen molar-refractivity contribution in [3.05, 3.63) is 18.2 Å². The molecule has 0 unspecified atom stereocenters. The molecular weight excluding hydrogens is 354 g/mol. The van der Waals surface area contributed by atoms with Crippen LogP contribution in [0, 0.1) is 0 Å². The molecule has 144 valence electrons. The predicted molar refractivity (Wildman–Crippen MR) is 99.9 cm³/mol. The number of ether oxygens (including phenoxy) is 1. The van der Waals surface area contributed by atoms with Crippen molar-refractivity contribution in [3.63, 3.8) is 0 Å². The number of hydrogen-bond acceptors (Lipinski definition) is 5. The van der Waals surface area contributed by atoms with E-state index in [0.717, 1.165) is 25.7 Å². The summed E-state index contributed by atoms with van der Waals surface area (Å²) in [6, 6.07) is 4.46. The Bertz CT molecular complexity index is 758. The van der Waals surface area contributed by atoms with Gasteiger partial charge in [-0.1, -0.05) is 12.8 Å². The summed E-state index contributed by atoms with van der Waals surface area (Å²) in [6.45, 7) is 1.80. The Morgan fingerprint density at radius 2 is 1.81 bits per heavy atom. The number of hydrogen-bond donors (Lipinski definition) is 1. The molecule has 0 aliphatic carbocycles. The molecule has 3 rings (SSSR count). The highest BCUT2D eigenvalue weighted by Gasteiger charge is 2.31. The lowest BCUT2D eigenvalue weighted by Crippen LogP contribution is -2.32. The zero-order chi connectivity index (χ0) is 18.7. The maximum atomic E-state index is 13.0. The van der Waals surface area contributed by atoms with Crippen LogP contribution in [-0.2, 0) is 14.8 Å². The summed E-state index contributed by atoms with van der Waals surface area (Å²) in [5.41, 5.74) is 0.539. The van der Waals surface area contributed by atoms with Gasteiger partial charge in [0.2, 0.25) is 15.9 Å². The van der Waals surface area contributed by atoms with Gasteiger partial charge in [0, 0.05) is 26.7 Å². The zero-order valence-corrected chi connectivity index (χ0v) is 16.2. The molecule has 2 fully saturated rings. The van der Waals surface area contributed by atoms with Gasteiger partial charge in [0.25, 0.3) is 0 Å². The Morgan fingerprint density at radius 1 is 1.12 bits per heavy atom. The molecule has 0 radical (unpaired) electrons. The van der Waals surface area contributed by atoms with E-state index in [0.29, 0.717) is 37.5 Å². The number of anilines is 1. The summed E-state index contributed by atoms with van der Waals surface area (Å²) in [6.07, 6.45) is 4.60. The minimum Gasteiger partial charge on any atom is -0.495 e. The summed E-state index contributed by atoms with van der Waals surface area (Å²) in [5.74, 6) is 0.537. The van der Waals surface area contributed by atoms with E-state index in [1.807, 2.05) is 0 Å². The van der Waals surface area contributed by atoms with Crippen molar-refractivity contribution in [1.82, 2.24) is 9.21 Å². The number of sulfonamides is 1. The van der Waals surface area contributed by atoms with Crippen LogP contribution in [0.5, 0.6) is 5.75 Å². The molecule has 2 aliphatic rings. The molecule has 1 amide bonds. The van der Waals surface area contributed by atoms with Crippen molar-refractivity contribution in [3.8, 4) is 5.75 Å². The first-order valence-corrected chi connectivity index (χ1v) is 10.6. The van der Waals surface area contributed by atoms with Crippen LogP contribution >= 0.6 is 0 Å². The quantitative estimate of drug-likeness (QED) is 0.843. The second-order valence-electron chi connectivity index (χ2n) is 6.93. The second-order valence-corrected chi connectivity index (χ2v) is 8.86. The number of methoxy groups -OCH3 is 1. The molecule has 2 saturated heterocycles. The lowest BCUT2D eigenvalue weighted by Gasteiger charge is -2.22. The smallest absolute Gasteiger partial charge is 0.244 e. The first-order valence-electron chi connectivity index (χ1n) is 9.13. The maximum Gasteiger partial charge on any atom is 0.244 e. The van der Waals surface area contributed by atoms with Gasteiger partial charge in [0.15, 0.2) is 0 Å². The van der Waals surface area contributed by atoms with E-state index in [4.69, 9.17) is 4.74 Å². The number of carbonyl (C=O) groups is 1. The molecule has 1 aromatic rings. The van der Waals surface area contributed by atoms with E-state index < -0.39 is 10.0 Å². The van der Waals surface area contributed by atoms with Crippen LogP contribution in [0.25, 0.3) is 0 Å². The van der Waals surface area contributed by atoms with Gasteiger partial charge >= 0.3 is 0 Å². The summed E-state index contributed by atoms with van der Waals surface area (Å²) >= 11 is 0. The highest BCUT2D eigenvalue weighted by Crippen LogP contribution is 2.31. The molecule has 2 aliphatic heterocycles. The van der Waals surface area contributed by atoms with E-state index in [-0.39, 0.29) is 16.8 Å². The van der Waals surface area contributed by atoms with Gasteiger partial charge in [0.05, 0.1) is 17.7 Å². The predicted octanol–water partition coefficient (Wildman–Crippen LogP) is 1.90. The third-order valence-electron chi connectivity index (χ3n) is 5.13. The number of likely N-dealkylation sites (tertiary alicyclic amines) is 1. The lowest BCUT2D eigenvalue weighted by molar-refractivity contribution is -0.127. The summed E-state index contributed by atoms with van der Waals surface area (Å²) < 4.78 is 33.0. The molecule has 1 aromatic carbocycles. The first-order chi connectivity index (χ1) is 12.4. The lowest BCUT2D eigenvalue weighted by atomic mass is 10.2. The third kappa shape index (κ3) is 3.81. The van der Waals surface area contributed by atoms with Crippen LogP contribution in [0.3, 0.4) is 0 Å². The van der Waals surface area contributed by atoms with Crippen LogP contribution in [0.4, 0.5) is 5.69 Å². The number of benzene rings is 1. The molecule has 26 heavy (non-hydrogen) atoms. The van der Waals surface area contributed by atoms with Gasteiger partial charge in [-0.2, -0.15) is 4.31 Å². The first kappa shape index (κ1) is 19.0. The molecule has 0 spiro atoms. The number of nitrogens with one attached hydrogen (secondary N) is 1. The Morgan fingerprint density at radius 3 is 2.38 bits per heavy atom. The van der Waals surface area contributed by atoms with Crippen LogP contribution in [0.15, 0.2) is 23.1 Å². The number of amides is 1. The largest absolute Gasteiger partial charge is 0.495 e. The Kier molecular flexibility index (Phi) is 5.72. The average Bonchev–Trinajstić information content (AvgIpc) is 2.86. The van der Waals surface area contributed by atoms with Crippen molar-refractivity contribution in [2.75, 3.05) is 39.1 Å². The molecule has 7 nitrogen and oxygen atoms in total. The summed E-state index contributed by atoms with van der Waals surface area (Å²) in [7, 11) is -0.249. The molecule has 0 aromatic heterocycles. The fourth-order valence-electron chi connectivity index (χ4n) is 3.54. The van der Waals surface area contributed by atoms with E-state index in [2.05, 4.69) is 5.32 Å². The minimum absolute atomic E-state index is 0.00725. The monoisotopic (exact) mass is 381 g/mol. The number of nitrogens with zero attached hydrogens (tertiary/aromatic N) is 2. The Labute approximate surface area is 155 Å². The third-order valence-corrected chi connectivity index (χ3v) is 7.03. The van der Waals surface area contributed by atoms with Gasteiger partial charge < -0.3 is 15.0 Å². The van der Waals surface area contributed by atoms with Crippen LogP contribution < -0.4 is 10.1 Å². The standard InChI is InChI=1S/C18H27N3O4S/c1-20-12-9-15(18(20)22)19-16-13-14(7-8-17(16)25-2)26(23,24)21-10-5-3-4-6-11-21/h7-8,13,15,19H,3-6,9-12H2,1-2H3/t15-/m0/s1. The van der Waals surface area contributed by atoms with Crippen molar-refractivity contribution in [2.24, 2.45) is 0 Å². The molecule has 1 N–H and O–H groups in total. The Balaban J connectivity index is 1.87. The molecule has 0 bridgehead atoms. The van der Waals surface area contributed by atoms with E-state index in [1.165, 1.54) is 7.11 Å². The van der Waals surface area contributed by atoms with E-state index in [9.17, 15) is 13.2 Å². The van der Waals surface area contributed by atoms with Crippen molar-refractivity contribution >= 4 is 21.6 Å². The summed E-state index contributed by atoms with van der Waals surface area (Å²) in [4.78, 5) is 14.1. The van der Waals surface area contributed by atoms with Gasteiger partial charge in [-0.25, -0.2) is 8.42 Å². The van der Waals surface area contributed by atoms with Crippen LogP contribution in [0.1, 0.15) is 32.1 Å². The zero-order valence-electron chi connectivity index (χ0n) is 15.4. The highest BCUT2D eigenvalue weighted by atomic mass is 32.2. The Hall–Kier alpha value is -1.80. The molecule has 2 heterocycles. The minimum atomic E-state index is -3.55. The molecule has 0 saturated carbocycles. The SMILES string of the molecule is COc1ccc(S(=O)(=O)N2CCCCCC2)cc1N[C@H]1CCN(C)C1=O. The molecule has 8 heteroatoms. The van der Waals surface area contributed by atoms with E-state index >= 15 is 0 Å². The second kappa shape index (κ2) is 7.84. The highest BCUT2D eigenvalue weighted by molar-refractivity contribution is 7.89. The van der Waals surface area contributed by atoms with Gasteiger partial charge in [0.1, 0.15) is 11.8 Å². The molecule has 1 atom stereocenters. The van der Waals surface area contributed by atoms with Crippen molar-refractivity contribution in [2.45, 2.75) is 43.0 Å². The van der Waals surface area contributed by atoms with Crippen molar-refractivity contribution in [1.29, 1.82) is 0 Å². The number of likely N-dealkylation sites (N-methyl/N-ethyl adjacent to an activating group) is 1. The summed E-state index contributed by atoms with van der Waals surface area (Å²) in [5, 5.41) is 3.17. The fraction of sp³-hybridized carbons (Fsp3) is 0.611. The van der Waals surface area contributed by atoms with Crippen LogP contribution in [0.2, 0.25) is 0 Å². The topological polar surface area (TPSA) is 79.0 Å². The molecular formula is C18H27N3O4S. The van der Waals surface area contributed by atoms with Gasteiger partial charge in [-0.15, -0.1) is 0 Å².